The molecular formula is C14H16F4N2OS. The molecule has 1 aliphatic heterocycles. The zero-order chi connectivity index (χ0) is 16.6. The topological polar surface area (TPSA) is 23.6 Å². The molecule has 0 aromatic heterocycles. The Labute approximate surface area is 130 Å². The van der Waals surface area contributed by atoms with Gasteiger partial charge in [0.15, 0.2) is 23.3 Å². The first-order chi connectivity index (χ1) is 10.3. The maximum atomic E-state index is 13.7. The van der Waals surface area contributed by atoms with E-state index in [1.807, 2.05) is 25.3 Å². The molecule has 2 rings (SSSR count). The van der Waals surface area contributed by atoms with Crippen molar-refractivity contribution in [2.45, 2.75) is 11.3 Å². The molecule has 1 aromatic rings. The van der Waals surface area contributed by atoms with Gasteiger partial charge in [-0.25, -0.2) is 17.6 Å². The first kappa shape index (κ1) is 17.1. The predicted octanol–water partition coefficient (Wildman–Crippen LogP) is 2.36. The zero-order valence-corrected chi connectivity index (χ0v) is 13.2. The van der Waals surface area contributed by atoms with E-state index in [0.29, 0.717) is 19.2 Å². The normalized spacial score (nSPS) is 21.7. The molecule has 1 aliphatic rings. The van der Waals surface area contributed by atoms with E-state index in [-0.39, 0.29) is 11.3 Å². The number of amides is 1. The molecule has 22 heavy (non-hydrogen) atoms. The van der Waals surface area contributed by atoms with Crippen molar-refractivity contribution in [3.8, 4) is 0 Å². The Morgan fingerprint density at radius 3 is 2.32 bits per heavy atom. The Morgan fingerprint density at radius 2 is 1.82 bits per heavy atom. The average Bonchev–Trinajstić information content (AvgIpc) is 2.92. The lowest BCUT2D eigenvalue weighted by atomic mass is 10.1. The second-order valence-electron chi connectivity index (χ2n) is 5.36. The number of hydrogen-bond acceptors (Lipinski definition) is 3. The van der Waals surface area contributed by atoms with Gasteiger partial charge < -0.3 is 9.80 Å². The van der Waals surface area contributed by atoms with Crippen LogP contribution in [0.15, 0.2) is 6.07 Å². The molecule has 1 saturated heterocycles. The van der Waals surface area contributed by atoms with Crippen LogP contribution in [0.5, 0.6) is 0 Å². The summed E-state index contributed by atoms with van der Waals surface area (Å²) in [6, 6.07) is 0.463. The molecule has 0 bridgehead atoms. The number of likely N-dealkylation sites (tertiary alicyclic amines) is 1. The van der Waals surface area contributed by atoms with Crippen molar-refractivity contribution in [2.24, 2.45) is 0 Å². The van der Waals surface area contributed by atoms with Gasteiger partial charge >= 0.3 is 0 Å². The van der Waals surface area contributed by atoms with E-state index in [2.05, 4.69) is 0 Å². The van der Waals surface area contributed by atoms with Crippen LogP contribution in [0.4, 0.5) is 17.6 Å². The monoisotopic (exact) mass is 336 g/mol. The van der Waals surface area contributed by atoms with Gasteiger partial charge in [0.1, 0.15) is 0 Å². The second-order valence-corrected chi connectivity index (χ2v) is 6.44. The zero-order valence-electron chi connectivity index (χ0n) is 12.4. The molecule has 122 valence electrons. The molecule has 2 atom stereocenters. The van der Waals surface area contributed by atoms with Gasteiger partial charge in [-0.1, -0.05) is 0 Å². The fourth-order valence-electron chi connectivity index (χ4n) is 2.55. The predicted molar refractivity (Wildman–Crippen MR) is 77.0 cm³/mol. The Morgan fingerprint density at radius 1 is 1.18 bits per heavy atom. The summed E-state index contributed by atoms with van der Waals surface area (Å²) >= 11 is 1.56. The molecule has 1 aromatic carbocycles. The molecule has 0 spiro atoms. The molecule has 0 unspecified atom stereocenters. The highest BCUT2D eigenvalue weighted by Crippen LogP contribution is 2.27. The van der Waals surface area contributed by atoms with Crippen molar-refractivity contribution in [3.05, 3.63) is 34.9 Å². The number of nitrogens with zero attached hydrogens (tertiary/aromatic N) is 2. The van der Waals surface area contributed by atoms with Crippen molar-refractivity contribution < 1.29 is 22.4 Å². The van der Waals surface area contributed by atoms with Crippen LogP contribution in [0.3, 0.4) is 0 Å². The second kappa shape index (κ2) is 6.45. The number of carbonyl (C=O) groups excluding carboxylic acids is 1. The van der Waals surface area contributed by atoms with Crippen molar-refractivity contribution >= 4 is 17.7 Å². The van der Waals surface area contributed by atoms with Gasteiger partial charge in [-0.05, 0) is 26.4 Å². The van der Waals surface area contributed by atoms with E-state index in [1.54, 1.807) is 11.8 Å². The van der Waals surface area contributed by atoms with E-state index in [1.165, 1.54) is 4.90 Å². The highest BCUT2D eigenvalue weighted by molar-refractivity contribution is 7.99. The van der Waals surface area contributed by atoms with Crippen LogP contribution < -0.4 is 0 Å². The lowest BCUT2D eigenvalue weighted by Gasteiger charge is -2.23. The van der Waals surface area contributed by atoms with Crippen LogP contribution in [0, 0.1) is 23.3 Å². The summed E-state index contributed by atoms with van der Waals surface area (Å²) in [7, 11) is 3.72. The van der Waals surface area contributed by atoms with Gasteiger partial charge in [-0.2, -0.15) is 11.8 Å². The summed E-state index contributed by atoms with van der Waals surface area (Å²) in [5.41, 5.74) is -0.782. The molecular weight excluding hydrogens is 320 g/mol. The van der Waals surface area contributed by atoms with Crippen LogP contribution >= 0.6 is 11.8 Å². The summed E-state index contributed by atoms with van der Waals surface area (Å²) in [6.45, 7) is 0.653. The Bertz CT molecular complexity index is 597. The number of likely N-dealkylation sites (N-methyl/N-ethyl adjacent to an activating group) is 1. The number of rotatable bonds is 3. The van der Waals surface area contributed by atoms with Crippen molar-refractivity contribution in [2.75, 3.05) is 33.4 Å². The standard InChI is InChI=1S/C14H16F4N2OS/c1-19(2)9-5-20(6-10(9)22-3)14(21)7-4-8(15)12(17)13(18)11(7)16/h4,9-10H,5-6H2,1-3H3/t9-,10-/m1/s1. The molecule has 0 radical (unpaired) electrons. The van der Waals surface area contributed by atoms with Crippen LogP contribution in [-0.2, 0) is 0 Å². The third-order valence-corrected chi connectivity index (χ3v) is 4.89. The lowest BCUT2D eigenvalue weighted by Crippen LogP contribution is -2.37. The smallest absolute Gasteiger partial charge is 0.257 e. The van der Waals surface area contributed by atoms with Gasteiger partial charge in [-0.3, -0.25) is 4.79 Å². The van der Waals surface area contributed by atoms with Gasteiger partial charge in [-0.15, -0.1) is 0 Å². The van der Waals surface area contributed by atoms with Crippen LogP contribution in [-0.4, -0.2) is 60.4 Å². The van der Waals surface area contributed by atoms with Gasteiger partial charge in [0.2, 0.25) is 0 Å². The van der Waals surface area contributed by atoms with E-state index in [9.17, 15) is 22.4 Å². The Balaban J connectivity index is 2.30. The summed E-state index contributed by atoms with van der Waals surface area (Å²) in [5.74, 6) is -7.94. The molecule has 1 fully saturated rings. The SMILES string of the molecule is CS[C@@H]1CN(C(=O)c2cc(F)c(F)c(F)c2F)C[C@H]1N(C)C. The first-order valence-corrected chi connectivity index (χ1v) is 7.88. The summed E-state index contributed by atoms with van der Waals surface area (Å²) < 4.78 is 53.2. The minimum absolute atomic E-state index is 0.0529. The first-order valence-electron chi connectivity index (χ1n) is 6.59. The molecule has 0 aliphatic carbocycles. The molecule has 3 nitrogen and oxygen atoms in total. The van der Waals surface area contributed by atoms with Gasteiger partial charge in [0, 0.05) is 24.4 Å². The highest BCUT2D eigenvalue weighted by atomic mass is 32.2. The van der Waals surface area contributed by atoms with Crippen LogP contribution in [0.25, 0.3) is 0 Å². The third kappa shape index (κ3) is 2.94. The molecule has 8 heteroatoms. The number of carbonyl (C=O) groups is 1. The van der Waals surface area contributed by atoms with Crippen LogP contribution in [0.2, 0.25) is 0 Å². The number of benzene rings is 1. The van der Waals surface area contributed by atoms with E-state index < -0.39 is 34.7 Å². The summed E-state index contributed by atoms with van der Waals surface area (Å²) in [5, 5.41) is 0.108. The van der Waals surface area contributed by atoms with Crippen molar-refractivity contribution in [1.29, 1.82) is 0 Å². The van der Waals surface area contributed by atoms with E-state index in [4.69, 9.17) is 0 Å². The fourth-order valence-corrected chi connectivity index (χ4v) is 3.52. The fraction of sp³-hybridized carbons (Fsp3) is 0.500. The van der Waals surface area contributed by atoms with Crippen LogP contribution in [0.1, 0.15) is 10.4 Å². The molecule has 1 heterocycles. The maximum absolute atomic E-state index is 13.7. The van der Waals surface area contributed by atoms with Gasteiger partial charge in [0.05, 0.1) is 5.56 Å². The third-order valence-electron chi connectivity index (χ3n) is 3.82. The van der Waals surface area contributed by atoms with Crippen molar-refractivity contribution in [1.82, 2.24) is 9.80 Å². The highest BCUT2D eigenvalue weighted by Gasteiger charge is 2.37. The maximum Gasteiger partial charge on any atom is 0.257 e. The van der Waals surface area contributed by atoms with E-state index >= 15 is 0 Å². The minimum atomic E-state index is -1.96. The Kier molecular flexibility index (Phi) is 5.01. The van der Waals surface area contributed by atoms with Crippen molar-refractivity contribution in [3.63, 3.8) is 0 Å². The van der Waals surface area contributed by atoms with E-state index in [0.717, 1.165) is 0 Å². The number of thioether (sulfide) groups is 1. The largest absolute Gasteiger partial charge is 0.336 e. The average molecular weight is 336 g/mol. The summed E-state index contributed by atoms with van der Waals surface area (Å²) in [4.78, 5) is 15.6. The minimum Gasteiger partial charge on any atom is -0.336 e. The molecule has 1 amide bonds. The number of halogens is 4. The summed E-state index contributed by atoms with van der Waals surface area (Å²) in [6.07, 6.45) is 1.90. The quantitative estimate of drug-likeness (QED) is 0.481. The molecule has 0 saturated carbocycles. The Hall–Kier alpha value is -1.28. The number of hydrogen-bond donors (Lipinski definition) is 0. The lowest BCUT2D eigenvalue weighted by molar-refractivity contribution is 0.0776. The molecule has 0 N–H and O–H groups in total. The van der Waals surface area contributed by atoms with Gasteiger partial charge in [0.25, 0.3) is 5.91 Å².